The highest BCUT2D eigenvalue weighted by Crippen LogP contribution is 2.29. The van der Waals surface area contributed by atoms with E-state index < -0.39 is 5.97 Å². The minimum atomic E-state index is -0.931. The third kappa shape index (κ3) is 4.60. The molecule has 0 bridgehead atoms. The van der Waals surface area contributed by atoms with Gasteiger partial charge in [0, 0.05) is 17.9 Å². The minimum Gasteiger partial charge on any atom is -0.508 e. The number of thioether (sulfide) groups is 1. The van der Waals surface area contributed by atoms with Crippen molar-refractivity contribution in [2.75, 3.05) is 6.61 Å². The molecule has 0 spiro atoms. The number of ether oxygens (including phenoxy) is 1. The summed E-state index contributed by atoms with van der Waals surface area (Å²) in [6.07, 6.45) is 2.20. The van der Waals surface area contributed by atoms with E-state index in [0.29, 0.717) is 12.3 Å². The van der Waals surface area contributed by atoms with Crippen LogP contribution in [0, 0.1) is 0 Å². The zero-order valence-electron chi connectivity index (χ0n) is 15.7. The first-order valence-corrected chi connectivity index (χ1v) is 10.4. The quantitative estimate of drug-likeness (QED) is 0.570. The van der Waals surface area contributed by atoms with Crippen molar-refractivity contribution in [1.29, 1.82) is 0 Å². The number of benzene rings is 2. The number of aromatic carboxylic acids is 1. The van der Waals surface area contributed by atoms with Gasteiger partial charge in [-0.3, -0.25) is 4.57 Å². The van der Waals surface area contributed by atoms with Crippen molar-refractivity contribution in [3.63, 3.8) is 0 Å². The molecule has 0 saturated carbocycles. The average Bonchev–Trinajstić information content (AvgIpc) is 3.38. The van der Waals surface area contributed by atoms with E-state index in [1.54, 1.807) is 36.0 Å². The molecule has 1 fully saturated rings. The zero-order chi connectivity index (χ0) is 20.2. The molecule has 1 aliphatic heterocycles. The second-order valence-corrected chi connectivity index (χ2v) is 7.83. The number of aromatic nitrogens is 3. The molecule has 150 valence electrons. The molecule has 0 unspecified atom stereocenters. The van der Waals surface area contributed by atoms with Crippen LogP contribution in [-0.4, -0.2) is 43.7 Å². The summed E-state index contributed by atoms with van der Waals surface area (Å²) in [6.45, 7) is 1.45. The van der Waals surface area contributed by atoms with Gasteiger partial charge in [0.15, 0.2) is 11.0 Å². The van der Waals surface area contributed by atoms with Gasteiger partial charge in [0.25, 0.3) is 0 Å². The van der Waals surface area contributed by atoms with Gasteiger partial charge < -0.3 is 14.9 Å². The third-order valence-electron chi connectivity index (χ3n) is 4.82. The Morgan fingerprint density at radius 3 is 2.55 bits per heavy atom. The lowest BCUT2D eigenvalue weighted by Crippen LogP contribution is -2.16. The van der Waals surface area contributed by atoms with E-state index >= 15 is 0 Å². The summed E-state index contributed by atoms with van der Waals surface area (Å²) in [4.78, 5) is 11.0. The summed E-state index contributed by atoms with van der Waals surface area (Å²) in [5.41, 5.74) is 2.17. The van der Waals surface area contributed by atoms with Gasteiger partial charge in [0.2, 0.25) is 0 Å². The van der Waals surface area contributed by atoms with Crippen molar-refractivity contribution in [1.82, 2.24) is 14.8 Å². The summed E-state index contributed by atoms with van der Waals surface area (Å²) < 4.78 is 7.88. The number of carboxylic acid groups (broad SMARTS) is 1. The number of hydrogen-bond donors (Lipinski definition) is 2. The number of phenolic OH excluding ortho intramolecular Hbond substituents is 1. The zero-order valence-corrected chi connectivity index (χ0v) is 16.5. The molecule has 2 heterocycles. The Balaban J connectivity index is 1.56. The Morgan fingerprint density at radius 1 is 1.14 bits per heavy atom. The predicted molar refractivity (Wildman–Crippen MR) is 109 cm³/mol. The van der Waals surface area contributed by atoms with Crippen molar-refractivity contribution in [3.8, 4) is 17.1 Å². The summed E-state index contributed by atoms with van der Waals surface area (Å²) in [7, 11) is 0. The van der Waals surface area contributed by atoms with Crippen molar-refractivity contribution < 1.29 is 19.7 Å². The van der Waals surface area contributed by atoms with Gasteiger partial charge in [-0.2, -0.15) is 0 Å². The fourth-order valence-electron chi connectivity index (χ4n) is 3.27. The number of carbonyl (C=O) groups is 1. The van der Waals surface area contributed by atoms with Crippen molar-refractivity contribution >= 4 is 17.7 Å². The fourth-order valence-corrected chi connectivity index (χ4v) is 4.17. The molecule has 0 aliphatic carbocycles. The number of phenols is 1. The summed E-state index contributed by atoms with van der Waals surface area (Å²) in [5.74, 6) is 0.667. The summed E-state index contributed by atoms with van der Waals surface area (Å²) in [6, 6.07) is 13.8. The Kier molecular flexibility index (Phi) is 5.82. The topological polar surface area (TPSA) is 97.5 Å². The molecule has 0 amide bonds. The molecular formula is C21H21N3O4S. The van der Waals surface area contributed by atoms with Crippen LogP contribution in [0.25, 0.3) is 11.4 Å². The molecule has 8 heteroatoms. The lowest BCUT2D eigenvalue weighted by Gasteiger charge is -2.15. The maximum Gasteiger partial charge on any atom is 0.335 e. The Labute approximate surface area is 172 Å². The molecule has 1 atom stereocenters. The van der Waals surface area contributed by atoms with Crippen molar-refractivity contribution in [2.45, 2.75) is 36.4 Å². The van der Waals surface area contributed by atoms with Gasteiger partial charge in [-0.25, -0.2) is 4.79 Å². The lowest BCUT2D eigenvalue weighted by atomic mass is 10.1. The SMILES string of the molecule is O=C(O)c1ccc(CSc2nnc(-c3ccc(O)cc3)n2C[C@H]2CCCO2)cc1. The largest absolute Gasteiger partial charge is 0.508 e. The molecular weight excluding hydrogens is 390 g/mol. The number of rotatable bonds is 7. The lowest BCUT2D eigenvalue weighted by molar-refractivity contribution is 0.0697. The Bertz CT molecular complexity index is 980. The van der Waals surface area contributed by atoms with Crippen LogP contribution in [0.1, 0.15) is 28.8 Å². The average molecular weight is 411 g/mol. The van der Waals surface area contributed by atoms with Gasteiger partial charge in [-0.05, 0) is 54.8 Å². The van der Waals surface area contributed by atoms with Gasteiger partial charge in [0.1, 0.15) is 5.75 Å². The van der Waals surface area contributed by atoms with E-state index in [0.717, 1.165) is 41.6 Å². The third-order valence-corrected chi connectivity index (χ3v) is 5.86. The molecule has 2 N–H and O–H groups in total. The van der Waals surface area contributed by atoms with E-state index in [-0.39, 0.29) is 17.4 Å². The van der Waals surface area contributed by atoms with Crippen LogP contribution in [0.4, 0.5) is 0 Å². The van der Waals surface area contributed by atoms with E-state index in [4.69, 9.17) is 9.84 Å². The van der Waals surface area contributed by atoms with E-state index in [9.17, 15) is 9.90 Å². The molecule has 0 radical (unpaired) electrons. The second-order valence-electron chi connectivity index (χ2n) is 6.89. The van der Waals surface area contributed by atoms with Gasteiger partial charge in [-0.1, -0.05) is 23.9 Å². The first-order valence-electron chi connectivity index (χ1n) is 9.39. The Hall–Kier alpha value is -2.84. The van der Waals surface area contributed by atoms with Crippen molar-refractivity contribution in [3.05, 3.63) is 59.7 Å². The number of nitrogens with zero attached hydrogens (tertiary/aromatic N) is 3. The highest BCUT2D eigenvalue weighted by molar-refractivity contribution is 7.98. The summed E-state index contributed by atoms with van der Waals surface area (Å²) >= 11 is 1.55. The molecule has 2 aromatic carbocycles. The monoisotopic (exact) mass is 411 g/mol. The predicted octanol–water partition coefficient (Wildman–Crippen LogP) is 3.82. The highest BCUT2D eigenvalue weighted by atomic mass is 32.2. The Morgan fingerprint density at radius 2 is 1.90 bits per heavy atom. The normalized spacial score (nSPS) is 16.2. The molecule has 1 saturated heterocycles. The first-order chi connectivity index (χ1) is 14.1. The van der Waals surface area contributed by atoms with E-state index in [1.165, 1.54) is 0 Å². The molecule has 3 aromatic rings. The molecule has 29 heavy (non-hydrogen) atoms. The van der Waals surface area contributed by atoms with Crippen LogP contribution in [0.5, 0.6) is 5.75 Å². The fraction of sp³-hybridized carbons (Fsp3) is 0.286. The van der Waals surface area contributed by atoms with Crippen LogP contribution in [0.3, 0.4) is 0 Å². The minimum absolute atomic E-state index is 0.135. The maximum absolute atomic E-state index is 11.0. The van der Waals surface area contributed by atoms with Gasteiger partial charge >= 0.3 is 5.97 Å². The smallest absolute Gasteiger partial charge is 0.335 e. The van der Waals surface area contributed by atoms with Crippen LogP contribution in [0.2, 0.25) is 0 Å². The summed E-state index contributed by atoms with van der Waals surface area (Å²) in [5, 5.41) is 28.1. The molecule has 4 rings (SSSR count). The number of carboxylic acids is 1. The number of aromatic hydroxyl groups is 1. The molecule has 1 aromatic heterocycles. The standard InChI is InChI=1S/C21H21N3O4S/c25-17-9-7-15(8-10-17)19-22-23-21(24(19)12-18-2-1-11-28-18)29-13-14-3-5-16(6-4-14)20(26)27/h3-10,18,25H,1-2,11-13H2,(H,26,27)/t18-/m1/s1. The van der Waals surface area contributed by atoms with Crippen LogP contribution < -0.4 is 0 Å². The van der Waals surface area contributed by atoms with Gasteiger partial charge in [-0.15, -0.1) is 10.2 Å². The van der Waals surface area contributed by atoms with Crippen LogP contribution in [-0.2, 0) is 17.0 Å². The number of hydrogen-bond acceptors (Lipinski definition) is 6. The highest BCUT2D eigenvalue weighted by Gasteiger charge is 2.22. The van der Waals surface area contributed by atoms with Crippen LogP contribution >= 0.6 is 11.8 Å². The van der Waals surface area contributed by atoms with E-state index in [2.05, 4.69) is 14.8 Å². The molecule has 1 aliphatic rings. The first kappa shape index (κ1) is 19.5. The van der Waals surface area contributed by atoms with E-state index in [1.807, 2.05) is 24.3 Å². The van der Waals surface area contributed by atoms with Crippen LogP contribution in [0.15, 0.2) is 53.7 Å². The van der Waals surface area contributed by atoms with Crippen molar-refractivity contribution in [2.24, 2.45) is 0 Å². The maximum atomic E-state index is 11.0. The van der Waals surface area contributed by atoms with Gasteiger partial charge in [0.05, 0.1) is 18.2 Å². The second kappa shape index (κ2) is 8.67. The molecule has 7 nitrogen and oxygen atoms in total.